The molecule has 0 saturated carbocycles. The standard InChI is InChI=1S/C16H22BrN3O3/c1-12-3-2-8-20(9-12)10-15(21)18-19-16(22)11-23-14-6-4-13(17)5-7-14/h4-7,12H,2-3,8-11H2,1H3,(H,18,21)(H,19,22)/t12-/m0/s1. The van der Waals surface area contributed by atoms with Crippen LogP contribution >= 0.6 is 15.9 Å². The van der Waals surface area contributed by atoms with Crippen molar-refractivity contribution in [2.75, 3.05) is 26.2 Å². The maximum absolute atomic E-state index is 11.8. The van der Waals surface area contributed by atoms with E-state index < -0.39 is 5.91 Å². The molecule has 23 heavy (non-hydrogen) atoms. The molecule has 0 spiro atoms. The van der Waals surface area contributed by atoms with Crippen LogP contribution in [-0.2, 0) is 9.59 Å². The van der Waals surface area contributed by atoms with Crippen molar-refractivity contribution in [3.8, 4) is 5.75 Å². The molecular weight excluding hydrogens is 362 g/mol. The topological polar surface area (TPSA) is 70.7 Å². The van der Waals surface area contributed by atoms with Crippen LogP contribution in [0.2, 0.25) is 0 Å². The number of halogens is 1. The molecule has 126 valence electrons. The molecule has 1 heterocycles. The molecule has 1 aromatic carbocycles. The number of ether oxygens (including phenoxy) is 1. The van der Waals surface area contributed by atoms with Gasteiger partial charge in [0.05, 0.1) is 6.54 Å². The fraction of sp³-hybridized carbons (Fsp3) is 0.500. The summed E-state index contributed by atoms with van der Waals surface area (Å²) in [6.07, 6.45) is 2.32. The lowest BCUT2D eigenvalue weighted by Gasteiger charge is -2.30. The molecule has 1 aliphatic heterocycles. The second kappa shape index (κ2) is 8.88. The summed E-state index contributed by atoms with van der Waals surface area (Å²) in [6.45, 7) is 4.19. The maximum Gasteiger partial charge on any atom is 0.276 e. The molecule has 0 aromatic heterocycles. The monoisotopic (exact) mass is 383 g/mol. The molecule has 2 amide bonds. The number of rotatable bonds is 5. The van der Waals surface area contributed by atoms with Crippen LogP contribution in [0.4, 0.5) is 0 Å². The van der Waals surface area contributed by atoms with Crippen LogP contribution in [0.25, 0.3) is 0 Å². The Balaban J connectivity index is 1.63. The van der Waals surface area contributed by atoms with Crippen LogP contribution < -0.4 is 15.6 Å². The number of likely N-dealkylation sites (tertiary alicyclic amines) is 1. The van der Waals surface area contributed by atoms with E-state index in [1.807, 2.05) is 12.1 Å². The normalized spacial score (nSPS) is 18.3. The molecule has 0 aliphatic carbocycles. The fourth-order valence-electron chi connectivity index (χ4n) is 2.53. The van der Waals surface area contributed by atoms with Gasteiger partial charge in [-0.25, -0.2) is 0 Å². The Kier molecular flexibility index (Phi) is 6.85. The summed E-state index contributed by atoms with van der Waals surface area (Å²) in [5.74, 6) is 0.604. The molecule has 0 bridgehead atoms. The minimum absolute atomic E-state index is 0.150. The number of amides is 2. The van der Waals surface area contributed by atoms with Gasteiger partial charge in [-0.3, -0.25) is 25.3 Å². The van der Waals surface area contributed by atoms with Crippen molar-refractivity contribution < 1.29 is 14.3 Å². The molecule has 1 saturated heterocycles. The van der Waals surface area contributed by atoms with Gasteiger partial charge in [0.1, 0.15) is 5.75 Å². The van der Waals surface area contributed by atoms with Gasteiger partial charge in [-0.15, -0.1) is 0 Å². The lowest BCUT2D eigenvalue weighted by atomic mass is 10.0. The summed E-state index contributed by atoms with van der Waals surface area (Å²) in [5, 5.41) is 0. The minimum Gasteiger partial charge on any atom is -0.484 e. The summed E-state index contributed by atoms with van der Waals surface area (Å²) < 4.78 is 6.26. The summed E-state index contributed by atoms with van der Waals surface area (Å²) in [5.41, 5.74) is 4.79. The van der Waals surface area contributed by atoms with Crippen molar-refractivity contribution >= 4 is 27.7 Å². The zero-order chi connectivity index (χ0) is 16.7. The SMILES string of the molecule is C[C@H]1CCCN(CC(=O)NNC(=O)COc2ccc(Br)cc2)C1. The van der Waals surface area contributed by atoms with E-state index in [1.54, 1.807) is 12.1 Å². The molecule has 6 nitrogen and oxygen atoms in total. The number of carbonyl (C=O) groups is 2. The van der Waals surface area contributed by atoms with E-state index in [1.165, 1.54) is 6.42 Å². The predicted octanol–water partition coefficient (Wildman–Crippen LogP) is 1.71. The molecule has 1 atom stereocenters. The van der Waals surface area contributed by atoms with Gasteiger partial charge in [0.15, 0.2) is 6.61 Å². The smallest absolute Gasteiger partial charge is 0.276 e. The third-order valence-corrected chi connectivity index (χ3v) is 4.16. The second-order valence-electron chi connectivity index (χ2n) is 5.82. The van der Waals surface area contributed by atoms with Crippen LogP contribution in [0.5, 0.6) is 5.75 Å². The Bertz CT molecular complexity index is 536. The van der Waals surface area contributed by atoms with E-state index in [4.69, 9.17) is 4.74 Å². The van der Waals surface area contributed by atoms with Crippen molar-refractivity contribution in [3.05, 3.63) is 28.7 Å². The van der Waals surface area contributed by atoms with Gasteiger partial charge >= 0.3 is 0 Å². The van der Waals surface area contributed by atoms with Crippen molar-refractivity contribution in [2.45, 2.75) is 19.8 Å². The molecule has 1 aromatic rings. The first-order valence-electron chi connectivity index (χ1n) is 7.71. The molecule has 7 heteroatoms. The second-order valence-corrected chi connectivity index (χ2v) is 6.74. The highest BCUT2D eigenvalue weighted by Crippen LogP contribution is 2.16. The van der Waals surface area contributed by atoms with Crippen LogP contribution in [-0.4, -0.2) is 43.0 Å². The average Bonchev–Trinajstić information content (AvgIpc) is 2.52. The van der Waals surface area contributed by atoms with Crippen molar-refractivity contribution in [1.29, 1.82) is 0 Å². The molecule has 0 unspecified atom stereocenters. The number of benzene rings is 1. The number of hydrazine groups is 1. The van der Waals surface area contributed by atoms with Crippen molar-refractivity contribution in [2.24, 2.45) is 5.92 Å². The highest BCUT2D eigenvalue weighted by molar-refractivity contribution is 9.10. The zero-order valence-electron chi connectivity index (χ0n) is 13.2. The predicted molar refractivity (Wildman–Crippen MR) is 90.8 cm³/mol. The van der Waals surface area contributed by atoms with Crippen molar-refractivity contribution in [1.82, 2.24) is 15.8 Å². The van der Waals surface area contributed by atoms with Crippen LogP contribution in [0.3, 0.4) is 0 Å². The lowest BCUT2D eigenvalue weighted by Crippen LogP contribution is -2.49. The van der Waals surface area contributed by atoms with E-state index in [9.17, 15) is 9.59 Å². The van der Waals surface area contributed by atoms with E-state index in [-0.39, 0.29) is 12.5 Å². The molecular formula is C16H22BrN3O3. The zero-order valence-corrected chi connectivity index (χ0v) is 14.8. The Morgan fingerprint density at radius 3 is 2.65 bits per heavy atom. The Morgan fingerprint density at radius 2 is 1.96 bits per heavy atom. The fourth-order valence-corrected chi connectivity index (χ4v) is 2.79. The van der Waals surface area contributed by atoms with E-state index >= 15 is 0 Å². The van der Waals surface area contributed by atoms with Gasteiger partial charge in [-0.1, -0.05) is 22.9 Å². The Labute approximate surface area is 144 Å². The van der Waals surface area contributed by atoms with Crippen LogP contribution in [0.15, 0.2) is 28.7 Å². The molecule has 1 aliphatic rings. The van der Waals surface area contributed by atoms with E-state index in [0.29, 0.717) is 18.2 Å². The molecule has 2 N–H and O–H groups in total. The first kappa shape index (κ1) is 17.7. The van der Waals surface area contributed by atoms with Gasteiger partial charge in [0.25, 0.3) is 11.8 Å². The Hall–Kier alpha value is -1.60. The summed E-state index contributed by atoms with van der Waals surface area (Å²) in [4.78, 5) is 25.6. The first-order chi connectivity index (χ1) is 11.0. The minimum atomic E-state index is -0.395. The number of nitrogens with zero attached hydrogens (tertiary/aromatic N) is 1. The van der Waals surface area contributed by atoms with E-state index in [2.05, 4.69) is 38.6 Å². The number of hydrogen-bond acceptors (Lipinski definition) is 4. The lowest BCUT2D eigenvalue weighted by molar-refractivity contribution is -0.130. The van der Waals surface area contributed by atoms with Crippen LogP contribution in [0, 0.1) is 5.92 Å². The van der Waals surface area contributed by atoms with Gasteiger partial charge in [-0.05, 0) is 49.6 Å². The molecule has 1 fully saturated rings. The summed E-state index contributed by atoms with van der Waals surface area (Å²) in [6, 6.07) is 7.17. The number of nitrogens with one attached hydrogen (secondary N) is 2. The van der Waals surface area contributed by atoms with Gasteiger partial charge < -0.3 is 4.74 Å². The van der Waals surface area contributed by atoms with Crippen LogP contribution in [0.1, 0.15) is 19.8 Å². The first-order valence-corrected chi connectivity index (χ1v) is 8.50. The quantitative estimate of drug-likeness (QED) is 0.759. The average molecular weight is 384 g/mol. The third-order valence-electron chi connectivity index (χ3n) is 3.63. The number of carbonyl (C=O) groups excluding carboxylic acids is 2. The Morgan fingerprint density at radius 1 is 1.26 bits per heavy atom. The molecule has 0 radical (unpaired) electrons. The largest absolute Gasteiger partial charge is 0.484 e. The number of piperidine rings is 1. The summed E-state index contributed by atoms with van der Waals surface area (Å²) in [7, 11) is 0. The van der Waals surface area contributed by atoms with Gasteiger partial charge in [0.2, 0.25) is 0 Å². The van der Waals surface area contributed by atoms with Crippen molar-refractivity contribution in [3.63, 3.8) is 0 Å². The summed E-state index contributed by atoms with van der Waals surface area (Å²) >= 11 is 3.32. The highest BCUT2D eigenvalue weighted by Gasteiger charge is 2.18. The molecule has 2 rings (SSSR count). The highest BCUT2D eigenvalue weighted by atomic mass is 79.9. The van der Waals surface area contributed by atoms with Gasteiger partial charge in [0, 0.05) is 11.0 Å². The van der Waals surface area contributed by atoms with Gasteiger partial charge in [-0.2, -0.15) is 0 Å². The third kappa shape index (κ3) is 6.58. The maximum atomic E-state index is 11.8. The number of hydrogen-bond donors (Lipinski definition) is 2. The van der Waals surface area contributed by atoms with E-state index in [0.717, 1.165) is 24.0 Å².